The van der Waals surface area contributed by atoms with Crippen molar-refractivity contribution in [1.29, 1.82) is 0 Å². The molecule has 76 valence electrons. The molecule has 0 saturated heterocycles. The van der Waals surface area contributed by atoms with Crippen molar-refractivity contribution in [1.82, 2.24) is 10.7 Å². The molecule has 0 spiro atoms. The second-order valence-electron chi connectivity index (χ2n) is 2.79. The van der Waals surface area contributed by atoms with E-state index in [1.165, 1.54) is 0 Å². The first-order valence-electron chi connectivity index (χ1n) is 4.06. The Morgan fingerprint density at radius 2 is 2.36 bits per heavy atom. The fourth-order valence-corrected chi connectivity index (χ4v) is 0.983. The summed E-state index contributed by atoms with van der Waals surface area (Å²) in [6, 6.07) is 0. The maximum Gasteiger partial charge on any atom is 0.267 e. The lowest BCUT2D eigenvalue weighted by Gasteiger charge is -2.11. The Bertz CT molecular complexity index is 312. The van der Waals surface area contributed by atoms with Gasteiger partial charge in [0.25, 0.3) is 5.91 Å². The van der Waals surface area contributed by atoms with Gasteiger partial charge in [0.05, 0.1) is 6.54 Å². The highest BCUT2D eigenvalue weighted by molar-refractivity contribution is 6.39. The van der Waals surface area contributed by atoms with E-state index in [1.807, 2.05) is 0 Å². The number of nitrogens with zero attached hydrogens (tertiary/aromatic N) is 1. The molecule has 1 aliphatic rings. The Kier molecular flexibility index (Phi) is 3.64. The van der Waals surface area contributed by atoms with Crippen LogP contribution in [0.1, 0.15) is 12.8 Å². The summed E-state index contributed by atoms with van der Waals surface area (Å²) in [6.07, 6.45) is 0.639. The maximum absolute atomic E-state index is 11.3. The molecule has 2 amide bonds. The van der Waals surface area contributed by atoms with Gasteiger partial charge in [-0.1, -0.05) is 18.2 Å². The first-order valence-corrected chi connectivity index (χ1v) is 4.44. The molecule has 0 aromatic heterocycles. The first-order chi connectivity index (χ1) is 6.59. The normalized spacial score (nSPS) is 15.5. The highest BCUT2D eigenvalue weighted by Crippen LogP contribution is 2.00. The van der Waals surface area contributed by atoms with E-state index >= 15 is 0 Å². The zero-order valence-electron chi connectivity index (χ0n) is 7.47. The molecule has 0 aliphatic carbocycles. The molecule has 5 nitrogen and oxygen atoms in total. The molecule has 0 fully saturated rings. The molecule has 0 saturated carbocycles. The number of amides is 2. The average molecular weight is 216 g/mol. The molecule has 1 aliphatic heterocycles. The van der Waals surface area contributed by atoms with E-state index in [1.54, 1.807) is 0 Å². The fraction of sp³-hybridized carbons (Fsp3) is 0.375. The van der Waals surface area contributed by atoms with Crippen LogP contribution in [0.2, 0.25) is 0 Å². The Labute approximate surface area is 86.2 Å². The van der Waals surface area contributed by atoms with Crippen LogP contribution in [0.5, 0.6) is 0 Å². The molecule has 0 aromatic carbocycles. The molecule has 1 heterocycles. The van der Waals surface area contributed by atoms with Crippen LogP contribution in [0, 0.1) is 0 Å². The van der Waals surface area contributed by atoms with E-state index < -0.39 is 0 Å². The number of hydrogen-bond donors (Lipinski definition) is 2. The van der Waals surface area contributed by atoms with Crippen molar-refractivity contribution in [2.24, 2.45) is 5.10 Å². The summed E-state index contributed by atoms with van der Waals surface area (Å²) in [6.45, 7) is 3.63. The maximum atomic E-state index is 11.3. The number of hydrazone groups is 1. The first kappa shape index (κ1) is 10.7. The Morgan fingerprint density at radius 3 is 2.86 bits per heavy atom. The van der Waals surface area contributed by atoms with Crippen LogP contribution >= 0.6 is 11.6 Å². The second kappa shape index (κ2) is 4.76. The summed E-state index contributed by atoms with van der Waals surface area (Å²) < 4.78 is 0. The fourth-order valence-electron chi connectivity index (χ4n) is 0.916. The van der Waals surface area contributed by atoms with Crippen LogP contribution in [-0.2, 0) is 9.59 Å². The van der Waals surface area contributed by atoms with Crippen molar-refractivity contribution in [3.05, 3.63) is 11.6 Å². The highest BCUT2D eigenvalue weighted by atomic mass is 35.5. The number of carbonyl (C=O) groups excluding carboxylic acids is 2. The van der Waals surface area contributed by atoms with E-state index in [9.17, 15) is 9.59 Å². The van der Waals surface area contributed by atoms with Gasteiger partial charge in [0.15, 0.2) is 0 Å². The number of rotatable bonds is 3. The topological polar surface area (TPSA) is 70.6 Å². The van der Waals surface area contributed by atoms with Crippen molar-refractivity contribution >= 4 is 29.1 Å². The molecular formula is C8H10ClN3O2. The molecule has 6 heteroatoms. The lowest BCUT2D eigenvalue weighted by Crippen LogP contribution is -2.37. The summed E-state index contributed by atoms with van der Waals surface area (Å²) in [5.41, 5.74) is 2.54. The van der Waals surface area contributed by atoms with Gasteiger partial charge in [-0.2, -0.15) is 5.10 Å². The smallest absolute Gasteiger partial charge is 0.267 e. The number of halogens is 1. The van der Waals surface area contributed by atoms with E-state index in [4.69, 9.17) is 11.6 Å². The summed E-state index contributed by atoms with van der Waals surface area (Å²) in [7, 11) is 0. The molecule has 0 atom stereocenters. The second-order valence-corrected chi connectivity index (χ2v) is 3.33. The van der Waals surface area contributed by atoms with E-state index in [0.717, 1.165) is 0 Å². The lowest BCUT2D eigenvalue weighted by molar-refractivity contribution is -0.121. The van der Waals surface area contributed by atoms with Crippen LogP contribution in [0.4, 0.5) is 0 Å². The minimum absolute atomic E-state index is 0.177. The standard InChI is InChI=1S/C8H10ClN3O2/c1-5(9)4-10-8(14)6-2-3-7(13)12-11-6/h1-4H2,(H,10,14)(H,12,13). The van der Waals surface area contributed by atoms with Crippen LogP contribution in [0.15, 0.2) is 16.7 Å². The van der Waals surface area contributed by atoms with Gasteiger partial charge < -0.3 is 5.32 Å². The molecule has 1 rings (SSSR count). The van der Waals surface area contributed by atoms with Gasteiger partial charge >= 0.3 is 0 Å². The van der Waals surface area contributed by atoms with Gasteiger partial charge in [0.1, 0.15) is 5.71 Å². The Balaban J connectivity index is 2.45. The lowest BCUT2D eigenvalue weighted by atomic mass is 10.1. The van der Waals surface area contributed by atoms with Gasteiger partial charge in [0, 0.05) is 17.9 Å². The van der Waals surface area contributed by atoms with E-state index in [2.05, 4.69) is 22.4 Å². The number of nitrogens with one attached hydrogen (secondary N) is 2. The molecule has 14 heavy (non-hydrogen) atoms. The van der Waals surface area contributed by atoms with Gasteiger partial charge in [-0.3, -0.25) is 9.59 Å². The predicted octanol–water partition coefficient (Wildman–Crippen LogP) is 0.121. The molecule has 0 unspecified atom stereocenters. The van der Waals surface area contributed by atoms with Crippen molar-refractivity contribution in [3.63, 3.8) is 0 Å². The zero-order chi connectivity index (χ0) is 10.6. The minimum atomic E-state index is -0.327. The third-order valence-electron chi connectivity index (χ3n) is 1.61. The minimum Gasteiger partial charge on any atom is -0.346 e. The molecule has 0 bridgehead atoms. The van der Waals surface area contributed by atoms with E-state index in [0.29, 0.717) is 17.2 Å². The molecule has 0 aromatic rings. The Morgan fingerprint density at radius 1 is 1.64 bits per heavy atom. The summed E-state index contributed by atoms with van der Waals surface area (Å²) in [5, 5.41) is 6.48. The predicted molar refractivity (Wildman–Crippen MR) is 52.8 cm³/mol. The summed E-state index contributed by atoms with van der Waals surface area (Å²) in [4.78, 5) is 22.0. The van der Waals surface area contributed by atoms with Crippen LogP contribution in [0.3, 0.4) is 0 Å². The van der Waals surface area contributed by atoms with Crippen molar-refractivity contribution in [3.8, 4) is 0 Å². The van der Waals surface area contributed by atoms with E-state index in [-0.39, 0.29) is 24.8 Å². The van der Waals surface area contributed by atoms with Crippen LogP contribution < -0.4 is 10.7 Å². The van der Waals surface area contributed by atoms with Crippen molar-refractivity contribution in [2.45, 2.75) is 12.8 Å². The van der Waals surface area contributed by atoms with Crippen LogP contribution in [-0.4, -0.2) is 24.1 Å². The van der Waals surface area contributed by atoms with Crippen LogP contribution in [0.25, 0.3) is 0 Å². The number of hydrogen-bond acceptors (Lipinski definition) is 3. The highest BCUT2D eigenvalue weighted by Gasteiger charge is 2.17. The van der Waals surface area contributed by atoms with Crippen molar-refractivity contribution < 1.29 is 9.59 Å². The van der Waals surface area contributed by atoms with Gasteiger partial charge in [-0.05, 0) is 0 Å². The molecular weight excluding hydrogens is 206 g/mol. The summed E-state index contributed by atoms with van der Waals surface area (Å²) >= 11 is 5.47. The van der Waals surface area contributed by atoms with Gasteiger partial charge in [0.2, 0.25) is 5.91 Å². The van der Waals surface area contributed by atoms with Crippen molar-refractivity contribution in [2.75, 3.05) is 6.54 Å². The van der Waals surface area contributed by atoms with Gasteiger partial charge in [-0.15, -0.1) is 0 Å². The quantitative estimate of drug-likeness (QED) is 0.702. The molecule has 0 radical (unpaired) electrons. The third kappa shape index (κ3) is 3.18. The number of carbonyl (C=O) groups is 2. The average Bonchev–Trinajstić information content (AvgIpc) is 2.15. The van der Waals surface area contributed by atoms with Gasteiger partial charge in [-0.25, -0.2) is 5.43 Å². The Hall–Kier alpha value is -1.36. The third-order valence-corrected chi connectivity index (χ3v) is 1.74. The molecule has 2 N–H and O–H groups in total. The SMILES string of the molecule is C=C(Cl)CNC(=O)C1=NNC(=O)CC1. The monoisotopic (exact) mass is 215 g/mol. The zero-order valence-corrected chi connectivity index (χ0v) is 8.23. The summed E-state index contributed by atoms with van der Waals surface area (Å²) in [5.74, 6) is -0.505. The largest absolute Gasteiger partial charge is 0.346 e.